The van der Waals surface area contributed by atoms with Crippen molar-refractivity contribution in [2.75, 3.05) is 0 Å². The van der Waals surface area contributed by atoms with Crippen molar-refractivity contribution in [3.8, 4) is 95.9 Å². The summed E-state index contributed by atoms with van der Waals surface area (Å²) in [4.78, 5) is 15.2. The van der Waals surface area contributed by atoms with Crippen LogP contribution < -0.4 is 0 Å². The van der Waals surface area contributed by atoms with E-state index in [0.29, 0.717) is 23.0 Å². The van der Waals surface area contributed by atoms with Crippen LogP contribution in [0, 0.1) is 11.3 Å². The van der Waals surface area contributed by atoms with Crippen LogP contribution in [0.25, 0.3) is 111 Å². The van der Waals surface area contributed by atoms with Gasteiger partial charge >= 0.3 is 0 Å². The summed E-state index contributed by atoms with van der Waals surface area (Å²) in [5.41, 5.74) is 15.4. The third-order valence-corrected chi connectivity index (χ3v) is 11.4. The molecule has 10 aromatic rings. The molecule has 0 N–H and O–H groups in total. The fourth-order valence-corrected chi connectivity index (χ4v) is 8.61. The van der Waals surface area contributed by atoms with Crippen molar-refractivity contribution in [3.05, 3.63) is 200 Å². The number of nitrogens with zero attached hydrogens (tertiary/aromatic N) is 4. The monoisotopic (exact) mass is 736 g/mol. The molecule has 0 saturated carbocycles. The second-order valence-corrected chi connectivity index (χ2v) is 14.6. The maximum atomic E-state index is 9.32. The first-order valence-electron chi connectivity index (χ1n) is 19.4. The van der Waals surface area contributed by atoms with Gasteiger partial charge in [0.25, 0.3) is 0 Å². The Hall–Kier alpha value is -8.00. The summed E-state index contributed by atoms with van der Waals surface area (Å²) in [6.07, 6.45) is 0. The van der Waals surface area contributed by atoms with Crippen molar-refractivity contribution in [2.24, 2.45) is 0 Å². The van der Waals surface area contributed by atoms with Crippen LogP contribution in [0.1, 0.15) is 5.56 Å². The van der Waals surface area contributed by atoms with E-state index in [4.69, 9.17) is 15.0 Å². The van der Waals surface area contributed by atoms with Gasteiger partial charge in [-0.05, 0) is 89.3 Å². The highest BCUT2D eigenvalue weighted by Gasteiger charge is 2.25. The average molecular weight is 737 g/mol. The lowest BCUT2D eigenvalue weighted by Crippen LogP contribution is -2.00. The van der Waals surface area contributed by atoms with Crippen molar-refractivity contribution in [3.63, 3.8) is 0 Å². The summed E-state index contributed by atoms with van der Waals surface area (Å²) >= 11 is 0. The Balaban J connectivity index is 1.12. The molecule has 268 valence electrons. The van der Waals surface area contributed by atoms with Crippen LogP contribution in [0.4, 0.5) is 0 Å². The van der Waals surface area contributed by atoms with E-state index in [9.17, 15) is 5.26 Å². The predicted octanol–water partition coefficient (Wildman–Crippen LogP) is 13.7. The molecule has 58 heavy (non-hydrogen) atoms. The summed E-state index contributed by atoms with van der Waals surface area (Å²) in [6.45, 7) is 0. The topological polar surface area (TPSA) is 62.5 Å². The summed E-state index contributed by atoms with van der Waals surface area (Å²) in [6, 6.07) is 70.0. The number of rotatable bonds is 6. The normalized spacial score (nSPS) is 11.4. The molecule has 0 spiro atoms. The maximum absolute atomic E-state index is 9.32. The molecule has 0 saturated heterocycles. The van der Waals surface area contributed by atoms with Crippen LogP contribution in [0.5, 0.6) is 0 Å². The Kier molecular flexibility index (Phi) is 7.84. The second-order valence-electron chi connectivity index (χ2n) is 14.6. The molecule has 1 aliphatic rings. The third kappa shape index (κ3) is 5.49. The maximum Gasteiger partial charge on any atom is 0.164 e. The molecule has 0 fully saturated rings. The number of nitriles is 1. The van der Waals surface area contributed by atoms with Crippen molar-refractivity contribution in [2.45, 2.75) is 0 Å². The highest BCUT2D eigenvalue weighted by molar-refractivity contribution is 6.24. The van der Waals surface area contributed by atoms with E-state index >= 15 is 0 Å². The minimum atomic E-state index is 0.634. The van der Waals surface area contributed by atoms with E-state index in [0.717, 1.165) is 49.7 Å². The molecule has 0 bridgehead atoms. The van der Waals surface area contributed by atoms with Crippen molar-refractivity contribution in [1.82, 2.24) is 15.0 Å². The van der Waals surface area contributed by atoms with Gasteiger partial charge in [-0.2, -0.15) is 5.26 Å². The number of aromatic nitrogens is 3. The van der Waals surface area contributed by atoms with Crippen LogP contribution >= 0.6 is 0 Å². The van der Waals surface area contributed by atoms with E-state index < -0.39 is 0 Å². The summed E-state index contributed by atoms with van der Waals surface area (Å²) < 4.78 is 0. The Labute approximate surface area is 336 Å². The number of hydrogen-bond donors (Lipinski definition) is 0. The van der Waals surface area contributed by atoms with Gasteiger partial charge in [0.15, 0.2) is 17.5 Å². The third-order valence-electron chi connectivity index (χ3n) is 11.4. The first-order valence-corrected chi connectivity index (χ1v) is 19.4. The van der Waals surface area contributed by atoms with Gasteiger partial charge in [-0.3, -0.25) is 0 Å². The van der Waals surface area contributed by atoms with E-state index in [2.05, 4.69) is 115 Å². The van der Waals surface area contributed by atoms with Crippen LogP contribution in [0.15, 0.2) is 194 Å². The average Bonchev–Trinajstić information content (AvgIpc) is 3.63. The van der Waals surface area contributed by atoms with Gasteiger partial charge < -0.3 is 0 Å². The van der Waals surface area contributed by atoms with Crippen LogP contribution in [-0.2, 0) is 0 Å². The number of fused-ring (bicyclic) bond motifs is 4. The first kappa shape index (κ1) is 33.3. The minimum Gasteiger partial charge on any atom is -0.208 e. The zero-order chi connectivity index (χ0) is 38.6. The van der Waals surface area contributed by atoms with Gasteiger partial charge in [0.2, 0.25) is 0 Å². The quantitative estimate of drug-likeness (QED) is 0.170. The Bertz CT molecular complexity index is 3170. The Morgan fingerprint density at radius 1 is 0.276 bits per heavy atom. The predicted molar refractivity (Wildman–Crippen MR) is 237 cm³/mol. The molecule has 4 heteroatoms. The number of hydrogen-bond acceptors (Lipinski definition) is 4. The Morgan fingerprint density at radius 3 is 1.26 bits per heavy atom. The molecule has 11 rings (SSSR count). The fraction of sp³-hybridized carbons (Fsp3) is 0. The SMILES string of the molecule is N#Cc1ccc(-c2ccc(-c3ccc4c5c(ccc(-c6cccc7c(-c8nc(-c9ccccc9)nc(-c9ccccc9)n8)cccc67)c35)-c3ccccc3-4)cc2)cc1. The molecule has 0 amide bonds. The van der Waals surface area contributed by atoms with Crippen molar-refractivity contribution >= 4 is 21.5 Å². The lowest BCUT2D eigenvalue weighted by Gasteiger charge is -2.17. The van der Waals surface area contributed by atoms with E-state index in [1.807, 2.05) is 84.9 Å². The molecular weight excluding hydrogens is 705 g/mol. The van der Waals surface area contributed by atoms with Gasteiger partial charge in [0.05, 0.1) is 11.6 Å². The highest BCUT2D eigenvalue weighted by Crippen LogP contribution is 2.52. The fourth-order valence-electron chi connectivity index (χ4n) is 8.61. The minimum absolute atomic E-state index is 0.634. The zero-order valence-electron chi connectivity index (χ0n) is 31.3. The van der Waals surface area contributed by atoms with E-state index in [-0.39, 0.29) is 0 Å². The van der Waals surface area contributed by atoms with Gasteiger partial charge in [0, 0.05) is 16.7 Å². The molecular formula is C54H32N4. The lowest BCUT2D eigenvalue weighted by atomic mass is 9.86. The molecule has 0 aliphatic heterocycles. The van der Waals surface area contributed by atoms with Gasteiger partial charge in [-0.15, -0.1) is 0 Å². The van der Waals surface area contributed by atoms with Gasteiger partial charge in [0.1, 0.15) is 0 Å². The first-order chi connectivity index (χ1) is 28.7. The zero-order valence-corrected chi connectivity index (χ0v) is 31.3. The van der Waals surface area contributed by atoms with Gasteiger partial charge in [-0.1, -0.05) is 182 Å². The smallest absolute Gasteiger partial charge is 0.164 e. The molecule has 1 aliphatic carbocycles. The molecule has 1 aromatic heterocycles. The van der Waals surface area contributed by atoms with Crippen LogP contribution in [0.3, 0.4) is 0 Å². The van der Waals surface area contributed by atoms with Crippen LogP contribution in [-0.4, -0.2) is 15.0 Å². The van der Waals surface area contributed by atoms with Crippen molar-refractivity contribution in [1.29, 1.82) is 5.26 Å². The molecule has 4 nitrogen and oxygen atoms in total. The summed E-state index contributed by atoms with van der Waals surface area (Å²) in [5.74, 6) is 1.91. The molecule has 0 unspecified atom stereocenters. The summed E-state index contributed by atoms with van der Waals surface area (Å²) in [7, 11) is 0. The molecule has 9 aromatic carbocycles. The lowest BCUT2D eigenvalue weighted by molar-refractivity contribution is 1.08. The largest absolute Gasteiger partial charge is 0.208 e. The second kappa shape index (κ2) is 13.6. The molecule has 0 radical (unpaired) electrons. The van der Waals surface area contributed by atoms with Crippen molar-refractivity contribution < 1.29 is 0 Å². The molecule has 1 heterocycles. The Morgan fingerprint density at radius 2 is 0.690 bits per heavy atom. The summed E-state index contributed by atoms with van der Waals surface area (Å²) in [5, 5.41) is 14.0. The number of benzene rings is 9. The standard InChI is InChI=1S/C54H32N4/c55-33-34-21-23-35(24-22-34)36-25-27-37(28-26-36)40-29-30-47-42-15-7-8-16-43(42)48-32-31-46(50(40)51(47)48)44-18-9-19-45-41(44)17-10-20-49(45)54-57-52(38-11-3-1-4-12-38)56-53(58-54)39-13-5-2-6-14-39/h1-32H. The van der Waals surface area contributed by atoms with Gasteiger partial charge in [-0.25, -0.2) is 15.0 Å². The van der Waals surface area contributed by atoms with Crippen LogP contribution in [0.2, 0.25) is 0 Å². The highest BCUT2D eigenvalue weighted by atomic mass is 15.0. The van der Waals surface area contributed by atoms with E-state index in [1.165, 1.54) is 44.2 Å². The molecule has 0 atom stereocenters. The van der Waals surface area contributed by atoms with E-state index in [1.54, 1.807) is 0 Å².